The van der Waals surface area contributed by atoms with Crippen LogP contribution in [0, 0.1) is 0 Å². The van der Waals surface area contributed by atoms with Crippen LogP contribution in [-0.4, -0.2) is 66.9 Å². The lowest BCUT2D eigenvalue weighted by atomic mass is 10.1. The summed E-state index contributed by atoms with van der Waals surface area (Å²) in [7, 11) is 2.81. The summed E-state index contributed by atoms with van der Waals surface area (Å²) in [5.74, 6) is 0. The molecule has 1 aliphatic heterocycles. The summed E-state index contributed by atoms with van der Waals surface area (Å²) in [6.07, 6.45) is -4.55. The van der Waals surface area contributed by atoms with Crippen molar-refractivity contribution < 1.29 is 29.5 Å². The van der Waals surface area contributed by atoms with E-state index in [1.807, 2.05) is 0 Å². The van der Waals surface area contributed by atoms with Crippen LogP contribution < -0.4 is 0 Å². The number of aliphatic hydroxyl groups is 3. The minimum Gasteiger partial charge on any atom is -0.394 e. The van der Waals surface area contributed by atoms with Crippen LogP contribution in [0.4, 0.5) is 0 Å². The lowest BCUT2D eigenvalue weighted by Crippen LogP contribution is -2.40. The van der Waals surface area contributed by atoms with E-state index in [2.05, 4.69) is 0 Å². The van der Waals surface area contributed by atoms with E-state index in [4.69, 9.17) is 19.3 Å². The molecule has 3 N–H and O–H groups in total. The van der Waals surface area contributed by atoms with E-state index in [-0.39, 0.29) is 6.61 Å². The van der Waals surface area contributed by atoms with Crippen molar-refractivity contribution in [3.05, 3.63) is 0 Å². The van der Waals surface area contributed by atoms with Gasteiger partial charge in [-0.05, 0) is 0 Å². The third-order valence-corrected chi connectivity index (χ3v) is 2.31. The van der Waals surface area contributed by atoms with Gasteiger partial charge in [0.15, 0.2) is 6.29 Å². The average molecular weight is 208 g/mol. The fourth-order valence-electron chi connectivity index (χ4n) is 1.52. The fourth-order valence-corrected chi connectivity index (χ4v) is 1.52. The topological polar surface area (TPSA) is 88.4 Å². The quantitative estimate of drug-likeness (QED) is 0.467. The molecule has 14 heavy (non-hydrogen) atoms. The van der Waals surface area contributed by atoms with Crippen molar-refractivity contribution in [3.63, 3.8) is 0 Å². The van der Waals surface area contributed by atoms with E-state index in [1.165, 1.54) is 14.2 Å². The van der Waals surface area contributed by atoms with Gasteiger partial charge in [0.05, 0.1) is 6.61 Å². The summed E-state index contributed by atoms with van der Waals surface area (Å²) in [5, 5.41) is 27.8. The molecule has 1 fully saturated rings. The monoisotopic (exact) mass is 208 g/mol. The summed E-state index contributed by atoms with van der Waals surface area (Å²) in [6.45, 7) is -0.352. The molecule has 1 aliphatic rings. The molecular formula is C8H16O6. The highest BCUT2D eigenvalue weighted by Crippen LogP contribution is 2.24. The second-order valence-corrected chi connectivity index (χ2v) is 3.14. The Balaban J connectivity index is 2.63. The lowest BCUT2D eigenvalue weighted by molar-refractivity contribution is -0.193. The van der Waals surface area contributed by atoms with Gasteiger partial charge in [0.2, 0.25) is 0 Å². The van der Waals surface area contributed by atoms with E-state index < -0.39 is 30.7 Å². The number of ether oxygens (including phenoxy) is 3. The first-order valence-corrected chi connectivity index (χ1v) is 4.33. The van der Waals surface area contributed by atoms with E-state index in [0.717, 1.165) is 0 Å². The molecule has 4 atom stereocenters. The Morgan fingerprint density at radius 1 is 1.21 bits per heavy atom. The molecule has 0 bridgehead atoms. The van der Waals surface area contributed by atoms with Gasteiger partial charge in [-0.2, -0.15) is 0 Å². The van der Waals surface area contributed by atoms with Crippen LogP contribution >= 0.6 is 0 Å². The number of aliphatic hydroxyl groups excluding tert-OH is 3. The maximum atomic E-state index is 9.55. The minimum atomic E-state index is -1.11. The Bertz CT molecular complexity index is 171. The van der Waals surface area contributed by atoms with Crippen LogP contribution in [0.2, 0.25) is 0 Å². The molecule has 1 saturated heterocycles. The van der Waals surface area contributed by atoms with Crippen molar-refractivity contribution in [1.29, 1.82) is 0 Å². The normalized spacial score (nSPS) is 38.1. The maximum absolute atomic E-state index is 9.55. The van der Waals surface area contributed by atoms with E-state index in [0.29, 0.717) is 0 Å². The lowest BCUT2D eigenvalue weighted by Gasteiger charge is -2.22. The number of rotatable bonds is 4. The predicted octanol–water partition coefficient (Wildman–Crippen LogP) is -1.91. The third-order valence-electron chi connectivity index (χ3n) is 2.31. The van der Waals surface area contributed by atoms with Gasteiger partial charge in [-0.25, -0.2) is 0 Å². The van der Waals surface area contributed by atoms with Crippen LogP contribution in [-0.2, 0) is 14.2 Å². The maximum Gasteiger partial charge on any atom is 0.185 e. The van der Waals surface area contributed by atoms with Gasteiger partial charge < -0.3 is 29.5 Å². The molecule has 0 unspecified atom stereocenters. The first-order valence-electron chi connectivity index (χ1n) is 4.33. The SMILES string of the molecule is COC(OC)[C@H]1O[C@@H](CO)[C@H](O)[C@H]1O. The molecule has 0 aromatic rings. The Morgan fingerprint density at radius 3 is 2.14 bits per heavy atom. The van der Waals surface area contributed by atoms with Crippen molar-refractivity contribution in [2.45, 2.75) is 30.7 Å². The summed E-state index contributed by atoms with van der Waals surface area (Å²) in [5.41, 5.74) is 0. The highest BCUT2D eigenvalue weighted by atomic mass is 16.7. The molecule has 1 heterocycles. The largest absolute Gasteiger partial charge is 0.394 e. The second kappa shape index (κ2) is 5.01. The standard InChI is InChI=1S/C8H16O6/c1-12-8(13-2)7-6(11)5(10)4(3-9)14-7/h4-11H,3H2,1-2H3/t4-,5-,6+,7-/m0/s1. The fraction of sp³-hybridized carbons (Fsp3) is 1.00. The summed E-state index contributed by atoms with van der Waals surface area (Å²) < 4.78 is 15.0. The Hall–Kier alpha value is -0.240. The van der Waals surface area contributed by atoms with Gasteiger partial charge in [0.1, 0.15) is 24.4 Å². The Labute approximate surface area is 82.0 Å². The molecule has 84 valence electrons. The third kappa shape index (κ3) is 2.05. The van der Waals surface area contributed by atoms with E-state index in [1.54, 1.807) is 0 Å². The summed E-state index contributed by atoms with van der Waals surface area (Å²) in [6, 6.07) is 0. The average Bonchev–Trinajstić information content (AvgIpc) is 2.48. The van der Waals surface area contributed by atoms with Gasteiger partial charge in [-0.15, -0.1) is 0 Å². The van der Waals surface area contributed by atoms with Crippen LogP contribution in [0.15, 0.2) is 0 Å². The second-order valence-electron chi connectivity index (χ2n) is 3.14. The molecular weight excluding hydrogens is 192 g/mol. The first kappa shape index (κ1) is 11.8. The molecule has 0 spiro atoms. The smallest absolute Gasteiger partial charge is 0.185 e. The van der Waals surface area contributed by atoms with E-state index >= 15 is 0 Å². The van der Waals surface area contributed by atoms with Crippen molar-refractivity contribution in [3.8, 4) is 0 Å². The zero-order valence-electron chi connectivity index (χ0n) is 8.16. The van der Waals surface area contributed by atoms with Crippen molar-refractivity contribution >= 4 is 0 Å². The van der Waals surface area contributed by atoms with Crippen LogP contribution in [0.5, 0.6) is 0 Å². The highest BCUT2D eigenvalue weighted by molar-refractivity contribution is 4.91. The molecule has 6 nitrogen and oxygen atoms in total. The number of methoxy groups -OCH3 is 2. The van der Waals surface area contributed by atoms with Gasteiger partial charge in [0.25, 0.3) is 0 Å². The van der Waals surface area contributed by atoms with Crippen LogP contribution in [0.3, 0.4) is 0 Å². The Morgan fingerprint density at radius 2 is 1.79 bits per heavy atom. The molecule has 0 aromatic carbocycles. The Kier molecular flexibility index (Phi) is 4.24. The molecule has 6 heteroatoms. The zero-order valence-corrected chi connectivity index (χ0v) is 8.16. The van der Waals surface area contributed by atoms with E-state index in [9.17, 15) is 10.2 Å². The van der Waals surface area contributed by atoms with Crippen LogP contribution in [0.25, 0.3) is 0 Å². The van der Waals surface area contributed by atoms with Crippen molar-refractivity contribution in [2.75, 3.05) is 20.8 Å². The first-order chi connectivity index (χ1) is 6.65. The molecule has 0 aromatic heterocycles. The molecule has 1 rings (SSSR count). The van der Waals surface area contributed by atoms with Gasteiger partial charge in [0, 0.05) is 14.2 Å². The molecule has 0 amide bonds. The molecule has 0 radical (unpaired) electrons. The van der Waals surface area contributed by atoms with Gasteiger partial charge in [-0.3, -0.25) is 0 Å². The van der Waals surface area contributed by atoms with Crippen molar-refractivity contribution in [1.82, 2.24) is 0 Å². The predicted molar refractivity (Wildman–Crippen MR) is 45.6 cm³/mol. The number of hydrogen-bond acceptors (Lipinski definition) is 6. The van der Waals surface area contributed by atoms with Crippen molar-refractivity contribution in [2.24, 2.45) is 0 Å². The minimum absolute atomic E-state index is 0.352. The molecule has 0 aliphatic carbocycles. The molecule has 0 saturated carbocycles. The zero-order chi connectivity index (χ0) is 10.7. The number of hydrogen-bond donors (Lipinski definition) is 3. The van der Waals surface area contributed by atoms with Gasteiger partial charge in [-0.1, -0.05) is 0 Å². The summed E-state index contributed by atoms with van der Waals surface area (Å²) >= 11 is 0. The van der Waals surface area contributed by atoms with Gasteiger partial charge >= 0.3 is 0 Å². The van der Waals surface area contributed by atoms with Crippen LogP contribution in [0.1, 0.15) is 0 Å². The highest BCUT2D eigenvalue weighted by Gasteiger charge is 2.46. The summed E-state index contributed by atoms with van der Waals surface area (Å²) in [4.78, 5) is 0.